The van der Waals surface area contributed by atoms with Gasteiger partial charge in [-0.25, -0.2) is 0 Å². The molecule has 0 fully saturated rings. The molecule has 6 heteroatoms. The average Bonchev–Trinajstić information content (AvgIpc) is 3.22. The van der Waals surface area contributed by atoms with E-state index in [0.29, 0.717) is 25.9 Å². The highest BCUT2D eigenvalue weighted by Gasteiger charge is 2.34. The van der Waals surface area contributed by atoms with Crippen LogP contribution >= 0.6 is 11.3 Å². The van der Waals surface area contributed by atoms with Gasteiger partial charge in [0.15, 0.2) is 5.78 Å². The molecule has 0 atom stereocenters. The molecule has 192 valence electrons. The maximum absolute atomic E-state index is 12.0. The monoisotopic (exact) mass is 528 g/mol. The molecule has 35 heavy (non-hydrogen) atoms. The van der Waals surface area contributed by atoms with E-state index in [-0.39, 0.29) is 15.9 Å². The van der Waals surface area contributed by atoms with E-state index >= 15 is 0 Å². The molecule has 0 saturated carbocycles. The lowest BCUT2D eigenvalue weighted by molar-refractivity contribution is 0.0829. The van der Waals surface area contributed by atoms with Crippen molar-refractivity contribution in [3.63, 3.8) is 0 Å². The summed E-state index contributed by atoms with van der Waals surface area (Å²) in [6.45, 7) is 23.9. The lowest BCUT2D eigenvalue weighted by Crippen LogP contribution is -2.34. The Labute approximate surface area is 223 Å². The second-order valence-electron chi connectivity index (χ2n) is 12.4. The van der Waals surface area contributed by atoms with E-state index < -0.39 is 11.2 Å². The van der Waals surface area contributed by atoms with Crippen molar-refractivity contribution in [3.05, 3.63) is 56.8 Å². The first-order chi connectivity index (χ1) is 15.9. The molecule has 1 heterocycles. The van der Waals surface area contributed by atoms with Crippen LogP contribution in [0.25, 0.3) is 0 Å². The van der Waals surface area contributed by atoms with Crippen LogP contribution in [-0.4, -0.2) is 25.3 Å². The Bertz CT molecular complexity index is 994. The van der Waals surface area contributed by atoms with Gasteiger partial charge >= 0.3 is 0 Å². The number of carbonyl (C=O) groups is 1. The molecule has 0 aliphatic heterocycles. The zero-order chi connectivity index (χ0) is 26.7. The molecule has 2 rings (SSSR count). The van der Waals surface area contributed by atoms with Crippen LogP contribution in [0.4, 0.5) is 0 Å². The lowest BCUT2D eigenvalue weighted by atomic mass is 9.84. The number of aryl methyl sites for hydroxylation is 2. The number of Topliss-reactive ketones (excluding diaryl/α,β-unsaturated/α-hetero) is 1. The molecule has 0 aliphatic rings. The molecule has 2 aromatic rings. The van der Waals surface area contributed by atoms with Crippen LogP contribution in [0.5, 0.6) is 0 Å². The molecule has 0 aliphatic carbocycles. The largest absolute Gasteiger partial charge is 0.408 e. The van der Waals surface area contributed by atoms with Gasteiger partial charge in [-0.05, 0) is 79.4 Å². The van der Waals surface area contributed by atoms with E-state index in [4.69, 9.17) is 8.85 Å². The Morgan fingerprint density at radius 2 is 1.31 bits per heavy atom. The maximum Gasteiger partial charge on any atom is 0.236 e. The van der Waals surface area contributed by atoms with Gasteiger partial charge in [-0.1, -0.05) is 66.7 Å². The number of carbonyl (C=O) groups excluding carboxylic acids is 1. The molecule has 4 radical (unpaired) electrons. The third kappa shape index (κ3) is 9.40. The smallest absolute Gasteiger partial charge is 0.236 e. The molecule has 3 nitrogen and oxygen atoms in total. The molecule has 0 saturated heterocycles. The lowest BCUT2D eigenvalue weighted by Gasteiger charge is -2.37. The van der Waals surface area contributed by atoms with Crippen LogP contribution < -0.4 is 0 Å². The summed E-state index contributed by atoms with van der Waals surface area (Å²) >= 11 is 1.63. The normalized spacial score (nSPS) is 13.3. The van der Waals surface area contributed by atoms with Crippen LogP contribution in [0.15, 0.2) is 30.3 Å². The Kier molecular flexibility index (Phi) is 9.96. The maximum atomic E-state index is 12.0. The predicted molar refractivity (Wildman–Crippen MR) is 152 cm³/mol. The summed E-state index contributed by atoms with van der Waals surface area (Å²) in [7, 11) is 0.800. The van der Waals surface area contributed by atoms with Crippen molar-refractivity contribution in [1.29, 1.82) is 0 Å². The van der Waals surface area contributed by atoms with Crippen molar-refractivity contribution in [2.75, 3.05) is 0 Å². The van der Waals surface area contributed by atoms with E-state index in [9.17, 15) is 4.79 Å². The Balaban J connectivity index is 2.36. The first-order valence-corrected chi connectivity index (χ1v) is 15.2. The van der Waals surface area contributed by atoms with Gasteiger partial charge in [0.1, 0.15) is 0 Å². The third-order valence-corrected chi connectivity index (χ3v) is 9.16. The Morgan fingerprint density at radius 1 is 0.771 bits per heavy atom. The van der Waals surface area contributed by atoms with Crippen molar-refractivity contribution in [3.8, 4) is 0 Å². The molecular formula is C29H44O3SSi2. The minimum absolute atomic E-state index is 0.113. The first kappa shape index (κ1) is 30.2. The van der Waals surface area contributed by atoms with Gasteiger partial charge in [-0.3, -0.25) is 4.79 Å². The minimum atomic E-state index is -0.438. The summed E-state index contributed by atoms with van der Waals surface area (Å²) in [5, 5.41) is 0.233. The summed E-state index contributed by atoms with van der Waals surface area (Å²) in [6, 6.07) is 10.9. The van der Waals surface area contributed by atoms with Gasteiger partial charge in [-0.15, -0.1) is 11.3 Å². The highest BCUT2D eigenvalue weighted by Crippen LogP contribution is 2.39. The Hall–Kier alpha value is -1.06. The van der Waals surface area contributed by atoms with Crippen molar-refractivity contribution in [2.45, 2.75) is 117 Å². The van der Waals surface area contributed by atoms with E-state index in [1.165, 1.54) is 21.6 Å². The highest BCUT2D eigenvalue weighted by atomic mass is 32.1. The van der Waals surface area contributed by atoms with Crippen molar-refractivity contribution in [1.82, 2.24) is 0 Å². The van der Waals surface area contributed by atoms with E-state index in [0.717, 1.165) is 17.7 Å². The van der Waals surface area contributed by atoms with Crippen LogP contribution in [0.2, 0.25) is 10.1 Å². The van der Waals surface area contributed by atoms with Crippen molar-refractivity contribution >= 4 is 36.6 Å². The van der Waals surface area contributed by atoms with Gasteiger partial charge in [0, 0.05) is 11.3 Å². The third-order valence-electron chi connectivity index (χ3n) is 5.52. The SMILES string of the molecule is CCC(=O)c1ccc(CCc2ccc(C(C)(C)O[Si]C(C)(C)C)c(C(C)(C)O[Si]C(C)(C)C)c2)s1. The summed E-state index contributed by atoms with van der Waals surface area (Å²) in [5.41, 5.74) is 2.81. The summed E-state index contributed by atoms with van der Waals surface area (Å²) in [5.74, 6) is 0.227. The fourth-order valence-electron chi connectivity index (χ4n) is 3.55. The molecule has 0 spiro atoms. The topological polar surface area (TPSA) is 35.5 Å². The molecule has 0 unspecified atom stereocenters. The summed E-state index contributed by atoms with van der Waals surface area (Å²) in [4.78, 5) is 14.1. The van der Waals surface area contributed by atoms with E-state index in [1.807, 2.05) is 13.0 Å². The van der Waals surface area contributed by atoms with Crippen LogP contribution in [0.3, 0.4) is 0 Å². The number of benzene rings is 1. The molecule has 0 N–H and O–H groups in total. The number of ketones is 1. The number of hydrogen-bond acceptors (Lipinski definition) is 4. The predicted octanol–water partition coefficient (Wildman–Crippen LogP) is 8.30. The summed E-state index contributed by atoms with van der Waals surface area (Å²) < 4.78 is 13.1. The average molecular weight is 529 g/mol. The fraction of sp³-hybridized carbons (Fsp3) is 0.621. The zero-order valence-electron chi connectivity index (χ0n) is 23.6. The molecule has 0 bridgehead atoms. The standard InChI is InChI=1S/C29H44O3SSi2/c1-12-24(30)25-18-16-21(33-25)15-13-20-14-17-22(28(8,9)31-34-26(2,3)4)23(19-20)29(10,11)32-35-27(5,6)7/h14,16-19H,12-13,15H2,1-11H3. The second-order valence-corrected chi connectivity index (χ2v) is 17.3. The van der Waals surface area contributed by atoms with Gasteiger partial charge in [0.25, 0.3) is 0 Å². The minimum Gasteiger partial charge on any atom is -0.408 e. The number of rotatable bonds is 11. The molecule has 0 amide bonds. The number of thiophene rings is 1. The van der Waals surface area contributed by atoms with Gasteiger partial charge in [-0.2, -0.15) is 0 Å². The van der Waals surface area contributed by atoms with E-state index in [1.54, 1.807) is 11.3 Å². The first-order valence-electron chi connectivity index (χ1n) is 12.6. The van der Waals surface area contributed by atoms with Crippen LogP contribution in [0.1, 0.15) is 114 Å². The number of hydrogen-bond donors (Lipinski definition) is 0. The zero-order valence-corrected chi connectivity index (χ0v) is 26.5. The van der Waals surface area contributed by atoms with Crippen LogP contribution in [0, 0.1) is 0 Å². The fourth-order valence-corrected chi connectivity index (χ4v) is 5.90. The molecule has 1 aromatic carbocycles. The second kappa shape index (κ2) is 11.6. The molecular weight excluding hydrogens is 485 g/mol. The highest BCUT2D eigenvalue weighted by molar-refractivity contribution is 7.14. The van der Waals surface area contributed by atoms with Gasteiger partial charge in [0.05, 0.1) is 16.1 Å². The van der Waals surface area contributed by atoms with Gasteiger partial charge in [0.2, 0.25) is 19.5 Å². The van der Waals surface area contributed by atoms with Crippen molar-refractivity contribution in [2.24, 2.45) is 0 Å². The van der Waals surface area contributed by atoms with Crippen molar-refractivity contribution < 1.29 is 13.6 Å². The van der Waals surface area contributed by atoms with Crippen LogP contribution in [-0.2, 0) is 32.9 Å². The van der Waals surface area contributed by atoms with E-state index in [2.05, 4.69) is 93.5 Å². The summed E-state index contributed by atoms with van der Waals surface area (Å²) in [6.07, 6.45) is 2.41. The quantitative estimate of drug-likeness (QED) is 0.217. The van der Waals surface area contributed by atoms with Gasteiger partial charge < -0.3 is 8.85 Å². The molecule has 1 aromatic heterocycles. The Morgan fingerprint density at radius 3 is 1.83 bits per heavy atom.